The number of hydrogen-bond acceptors (Lipinski definition) is 5. The Hall–Kier alpha value is -4.00. The van der Waals surface area contributed by atoms with Crippen LogP contribution in [0, 0.1) is 20.8 Å². The molecule has 0 fully saturated rings. The van der Waals surface area contributed by atoms with Gasteiger partial charge in [0.1, 0.15) is 17.2 Å². The second-order valence-electron chi connectivity index (χ2n) is 7.61. The number of carbonyl (C=O) groups is 2. The van der Waals surface area contributed by atoms with E-state index in [1.165, 1.54) is 14.2 Å². The zero-order chi connectivity index (χ0) is 24.0. The van der Waals surface area contributed by atoms with Crippen LogP contribution < -0.4 is 24.8 Å². The van der Waals surface area contributed by atoms with Gasteiger partial charge in [-0.15, -0.1) is 0 Å². The summed E-state index contributed by atoms with van der Waals surface area (Å²) >= 11 is 0. The van der Waals surface area contributed by atoms with E-state index in [-0.39, 0.29) is 18.4 Å². The molecule has 0 heterocycles. The van der Waals surface area contributed by atoms with Crippen LogP contribution in [0.25, 0.3) is 0 Å². The number of amides is 2. The lowest BCUT2D eigenvalue weighted by atomic mass is 10.1. The van der Waals surface area contributed by atoms with Crippen molar-refractivity contribution in [2.45, 2.75) is 20.8 Å². The number of nitrogens with one attached hydrogen (secondary N) is 2. The molecule has 7 nitrogen and oxygen atoms in total. The van der Waals surface area contributed by atoms with Crippen LogP contribution in [0.15, 0.2) is 54.6 Å². The van der Waals surface area contributed by atoms with E-state index >= 15 is 0 Å². The number of hydrogen-bond donors (Lipinski definition) is 2. The Bertz CT molecular complexity index is 1160. The third-order valence-electron chi connectivity index (χ3n) is 5.20. The van der Waals surface area contributed by atoms with Crippen molar-refractivity contribution in [2.24, 2.45) is 0 Å². The van der Waals surface area contributed by atoms with Gasteiger partial charge in [0.15, 0.2) is 6.61 Å². The highest BCUT2D eigenvalue weighted by Crippen LogP contribution is 2.36. The maximum absolute atomic E-state index is 12.6. The Kier molecular flexibility index (Phi) is 7.56. The van der Waals surface area contributed by atoms with Gasteiger partial charge in [-0.05, 0) is 55.7 Å². The smallest absolute Gasteiger partial charge is 0.262 e. The van der Waals surface area contributed by atoms with E-state index in [1.807, 2.05) is 32.9 Å². The van der Waals surface area contributed by atoms with Crippen LogP contribution in [0.3, 0.4) is 0 Å². The van der Waals surface area contributed by atoms with Crippen LogP contribution in [0.5, 0.6) is 17.2 Å². The number of anilines is 2. The summed E-state index contributed by atoms with van der Waals surface area (Å²) in [4.78, 5) is 25.1. The lowest BCUT2D eigenvalue weighted by Crippen LogP contribution is -2.21. The molecule has 0 aliphatic rings. The molecule has 33 heavy (non-hydrogen) atoms. The van der Waals surface area contributed by atoms with Crippen molar-refractivity contribution in [3.8, 4) is 17.2 Å². The molecule has 0 spiro atoms. The molecule has 0 aromatic heterocycles. The molecule has 0 atom stereocenters. The second-order valence-corrected chi connectivity index (χ2v) is 7.61. The molecule has 0 radical (unpaired) electrons. The molecule has 3 rings (SSSR count). The van der Waals surface area contributed by atoms with E-state index in [4.69, 9.17) is 14.2 Å². The molecule has 172 valence electrons. The zero-order valence-corrected chi connectivity index (χ0v) is 19.4. The van der Waals surface area contributed by atoms with Crippen LogP contribution in [0.4, 0.5) is 11.4 Å². The van der Waals surface area contributed by atoms with E-state index in [0.29, 0.717) is 34.2 Å². The highest BCUT2D eigenvalue weighted by atomic mass is 16.5. The predicted octanol–water partition coefficient (Wildman–Crippen LogP) is 4.90. The molecule has 0 bridgehead atoms. The molecule has 0 aliphatic carbocycles. The Labute approximate surface area is 193 Å². The Morgan fingerprint density at radius 2 is 1.39 bits per heavy atom. The lowest BCUT2D eigenvalue weighted by Gasteiger charge is -2.17. The summed E-state index contributed by atoms with van der Waals surface area (Å²) in [5, 5.41) is 5.60. The predicted molar refractivity (Wildman–Crippen MR) is 129 cm³/mol. The summed E-state index contributed by atoms with van der Waals surface area (Å²) in [5.41, 5.74) is 4.49. The van der Waals surface area contributed by atoms with Gasteiger partial charge >= 0.3 is 0 Å². The maximum Gasteiger partial charge on any atom is 0.262 e. The molecule has 2 amide bonds. The quantitative estimate of drug-likeness (QED) is 0.512. The molecule has 0 saturated carbocycles. The SMILES string of the molecule is COc1cc(NC(=O)c2ccccc2)c(OC)cc1NC(=O)COc1cc(C)cc(C)c1C. The van der Waals surface area contributed by atoms with E-state index in [0.717, 1.165) is 16.7 Å². The van der Waals surface area contributed by atoms with Gasteiger partial charge in [-0.1, -0.05) is 24.3 Å². The highest BCUT2D eigenvalue weighted by molar-refractivity contribution is 6.05. The molecule has 0 unspecified atom stereocenters. The fourth-order valence-corrected chi connectivity index (χ4v) is 3.36. The number of methoxy groups -OCH3 is 2. The average molecular weight is 449 g/mol. The topological polar surface area (TPSA) is 85.9 Å². The molecule has 3 aromatic carbocycles. The first-order valence-electron chi connectivity index (χ1n) is 10.4. The van der Waals surface area contributed by atoms with Crippen molar-refractivity contribution in [2.75, 3.05) is 31.5 Å². The van der Waals surface area contributed by atoms with Gasteiger partial charge in [-0.2, -0.15) is 0 Å². The van der Waals surface area contributed by atoms with Crippen molar-refractivity contribution in [3.05, 3.63) is 76.9 Å². The Morgan fingerprint density at radius 1 is 0.788 bits per heavy atom. The third kappa shape index (κ3) is 5.83. The van der Waals surface area contributed by atoms with Crippen molar-refractivity contribution in [1.29, 1.82) is 0 Å². The van der Waals surface area contributed by atoms with Gasteiger partial charge in [0.25, 0.3) is 11.8 Å². The minimum Gasteiger partial charge on any atom is -0.494 e. The second kappa shape index (κ2) is 10.5. The molecule has 2 N–H and O–H groups in total. The number of aryl methyl sites for hydroxylation is 2. The maximum atomic E-state index is 12.6. The van der Waals surface area contributed by atoms with Gasteiger partial charge in [-0.3, -0.25) is 9.59 Å². The van der Waals surface area contributed by atoms with Crippen LogP contribution >= 0.6 is 0 Å². The number of ether oxygens (including phenoxy) is 3. The summed E-state index contributed by atoms with van der Waals surface area (Å²) in [7, 11) is 2.97. The summed E-state index contributed by atoms with van der Waals surface area (Å²) in [6.45, 7) is 5.78. The summed E-state index contributed by atoms with van der Waals surface area (Å²) in [6.07, 6.45) is 0. The molecule has 3 aromatic rings. The van der Waals surface area contributed by atoms with Gasteiger partial charge < -0.3 is 24.8 Å². The van der Waals surface area contributed by atoms with Gasteiger partial charge in [0.05, 0.1) is 25.6 Å². The molecular weight excluding hydrogens is 420 g/mol. The first kappa shape index (κ1) is 23.7. The monoisotopic (exact) mass is 448 g/mol. The standard InChI is InChI=1S/C26H28N2O5/c1-16-11-17(2)18(3)22(12-16)33-15-25(29)27-20-13-24(32-5)21(14-23(20)31-4)28-26(30)19-9-7-6-8-10-19/h6-14H,15H2,1-5H3,(H,27,29)(H,28,30). The Morgan fingerprint density at radius 3 is 2.00 bits per heavy atom. The fourth-order valence-electron chi connectivity index (χ4n) is 3.36. The first-order chi connectivity index (χ1) is 15.8. The van der Waals surface area contributed by atoms with Crippen molar-refractivity contribution >= 4 is 23.2 Å². The van der Waals surface area contributed by atoms with E-state index in [2.05, 4.69) is 16.7 Å². The lowest BCUT2D eigenvalue weighted by molar-refractivity contribution is -0.118. The van der Waals surface area contributed by atoms with Gasteiger partial charge in [0.2, 0.25) is 0 Å². The highest BCUT2D eigenvalue weighted by Gasteiger charge is 2.17. The number of rotatable bonds is 8. The van der Waals surface area contributed by atoms with Crippen molar-refractivity contribution in [1.82, 2.24) is 0 Å². The molecule has 0 aliphatic heterocycles. The summed E-state index contributed by atoms with van der Waals surface area (Å²) in [5.74, 6) is 0.780. The van der Waals surface area contributed by atoms with Gasteiger partial charge in [0, 0.05) is 17.7 Å². The molecule has 7 heteroatoms. The van der Waals surface area contributed by atoms with E-state index < -0.39 is 0 Å². The van der Waals surface area contributed by atoms with Crippen LogP contribution in [-0.4, -0.2) is 32.6 Å². The Balaban J connectivity index is 1.75. The largest absolute Gasteiger partial charge is 0.494 e. The third-order valence-corrected chi connectivity index (χ3v) is 5.20. The summed E-state index contributed by atoms with van der Waals surface area (Å²) in [6, 6.07) is 16.0. The number of benzene rings is 3. The van der Waals surface area contributed by atoms with Crippen molar-refractivity contribution in [3.63, 3.8) is 0 Å². The molecule has 0 saturated heterocycles. The normalized spacial score (nSPS) is 10.3. The summed E-state index contributed by atoms with van der Waals surface area (Å²) < 4.78 is 16.6. The average Bonchev–Trinajstić information content (AvgIpc) is 2.81. The van der Waals surface area contributed by atoms with Crippen LogP contribution in [0.2, 0.25) is 0 Å². The molecular formula is C26H28N2O5. The fraction of sp³-hybridized carbons (Fsp3) is 0.231. The van der Waals surface area contributed by atoms with E-state index in [1.54, 1.807) is 36.4 Å². The minimum absolute atomic E-state index is 0.165. The number of carbonyl (C=O) groups excluding carboxylic acids is 2. The van der Waals surface area contributed by atoms with Gasteiger partial charge in [-0.25, -0.2) is 0 Å². The zero-order valence-electron chi connectivity index (χ0n) is 19.4. The first-order valence-corrected chi connectivity index (χ1v) is 10.4. The van der Waals surface area contributed by atoms with Crippen LogP contribution in [-0.2, 0) is 4.79 Å². The van der Waals surface area contributed by atoms with E-state index in [9.17, 15) is 9.59 Å². The minimum atomic E-state index is -0.352. The van der Waals surface area contributed by atoms with Crippen LogP contribution in [0.1, 0.15) is 27.0 Å². The van der Waals surface area contributed by atoms with Crippen molar-refractivity contribution < 1.29 is 23.8 Å².